The van der Waals surface area contributed by atoms with Gasteiger partial charge in [0, 0.05) is 12.2 Å². The summed E-state index contributed by atoms with van der Waals surface area (Å²) in [5.74, 6) is -0.136. The summed E-state index contributed by atoms with van der Waals surface area (Å²) in [4.78, 5) is 27.6. The van der Waals surface area contributed by atoms with Crippen molar-refractivity contribution in [2.75, 3.05) is 18.0 Å². The average Bonchev–Trinajstić information content (AvgIpc) is 2.82. The first-order chi connectivity index (χ1) is 11.0. The molecule has 0 N–H and O–H groups in total. The second kappa shape index (κ2) is 6.24. The van der Waals surface area contributed by atoms with Gasteiger partial charge in [-0.05, 0) is 38.0 Å². The van der Waals surface area contributed by atoms with Gasteiger partial charge in [0.1, 0.15) is 6.54 Å². The van der Waals surface area contributed by atoms with Crippen molar-refractivity contribution in [1.29, 1.82) is 0 Å². The molecule has 1 aliphatic heterocycles. The molecule has 0 radical (unpaired) electrons. The average molecular weight is 308 g/mol. The number of carbonyl (C=O) groups excluding carboxylic acids is 2. The maximum absolute atomic E-state index is 12.5. The number of carbonyl (C=O) groups is 2. The topological polar surface area (TPSA) is 40.6 Å². The first kappa shape index (κ1) is 15.3. The van der Waals surface area contributed by atoms with E-state index in [9.17, 15) is 9.59 Å². The number of urea groups is 1. The lowest BCUT2D eigenvalue weighted by atomic mass is 10.1. The molecule has 1 heterocycles. The van der Waals surface area contributed by atoms with Gasteiger partial charge in [0.25, 0.3) is 5.91 Å². The van der Waals surface area contributed by atoms with Gasteiger partial charge in [0.2, 0.25) is 0 Å². The summed E-state index contributed by atoms with van der Waals surface area (Å²) in [6.45, 7) is 4.57. The minimum absolute atomic E-state index is 0.121. The zero-order valence-corrected chi connectivity index (χ0v) is 13.5. The lowest BCUT2D eigenvalue weighted by Gasteiger charge is -2.17. The minimum atomic E-state index is -0.231. The zero-order chi connectivity index (χ0) is 16.4. The molecule has 1 saturated heterocycles. The van der Waals surface area contributed by atoms with Crippen LogP contribution in [-0.2, 0) is 11.2 Å². The van der Waals surface area contributed by atoms with E-state index in [1.165, 1.54) is 15.4 Å². The van der Waals surface area contributed by atoms with Crippen LogP contribution in [-0.4, -0.2) is 29.9 Å². The molecule has 0 spiro atoms. The monoisotopic (exact) mass is 308 g/mol. The highest BCUT2D eigenvalue weighted by molar-refractivity contribution is 6.12. The lowest BCUT2D eigenvalue weighted by Crippen LogP contribution is -2.34. The van der Waals surface area contributed by atoms with Crippen molar-refractivity contribution in [3.05, 3.63) is 65.2 Å². The van der Waals surface area contributed by atoms with Crippen LogP contribution < -0.4 is 4.90 Å². The number of benzene rings is 2. The Hall–Kier alpha value is -2.62. The van der Waals surface area contributed by atoms with Crippen molar-refractivity contribution in [3.63, 3.8) is 0 Å². The SMILES string of the molecule is Cc1ccc(CCN2C(=O)CN(c3ccc(C)cc3)C2=O)cc1. The molecule has 118 valence electrons. The molecule has 0 saturated carbocycles. The van der Waals surface area contributed by atoms with Gasteiger partial charge in [-0.2, -0.15) is 0 Å². The Kier molecular flexibility index (Phi) is 4.15. The van der Waals surface area contributed by atoms with Crippen molar-refractivity contribution in [2.24, 2.45) is 0 Å². The molecule has 4 heteroatoms. The number of anilines is 1. The molecule has 0 aromatic heterocycles. The van der Waals surface area contributed by atoms with Crippen molar-refractivity contribution >= 4 is 17.6 Å². The van der Waals surface area contributed by atoms with Gasteiger partial charge in [-0.3, -0.25) is 14.6 Å². The summed E-state index contributed by atoms with van der Waals surface area (Å²) in [6, 6.07) is 15.6. The normalized spacial score (nSPS) is 14.7. The van der Waals surface area contributed by atoms with Crippen LogP contribution in [0.2, 0.25) is 0 Å². The van der Waals surface area contributed by atoms with Crippen LogP contribution in [0.3, 0.4) is 0 Å². The molecule has 2 aromatic carbocycles. The predicted molar refractivity (Wildman–Crippen MR) is 90.5 cm³/mol. The quantitative estimate of drug-likeness (QED) is 0.813. The second-order valence-electron chi connectivity index (χ2n) is 5.99. The molecule has 2 aromatic rings. The molecule has 0 aliphatic carbocycles. The number of hydrogen-bond donors (Lipinski definition) is 0. The highest BCUT2D eigenvalue weighted by Crippen LogP contribution is 2.21. The zero-order valence-electron chi connectivity index (χ0n) is 13.5. The van der Waals surface area contributed by atoms with E-state index in [0.717, 1.165) is 16.8 Å². The van der Waals surface area contributed by atoms with E-state index in [-0.39, 0.29) is 18.5 Å². The van der Waals surface area contributed by atoms with E-state index in [2.05, 4.69) is 0 Å². The molecule has 4 nitrogen and oxygen atoms in total. The number of hydrogen-bond acceptors (Lipinski definition) is 2. The van der Waals surface area contributed by atoms with E-state index in [4.69, 9.17) is 0 Å². The van der Waals surface area contributed by atoms with Gasteiger partial charge < -0.3 is 0 Å². The van der Waals surface area contributed by atoms with E-state index < -0.39 is 0 Å². The number of imide groups is 1. The fraction of sp³-hybridized carbons (Fsp3) is 0.263. The Morgan fingerprint density at radius 3 is 2.04 bits per heavy atom. The van der Waals surface area contributed by atoms with Crippen LogP contribution in [0.4, 0.5) is 10.5 Å². The Labute approximate surface area is 136 Å². The third-order valence-electron chi connectivity index (χ3n) is 4.15. The molecule has 0 unspecified atom stereocenters. The minimum Gasteiger partial charge on any atom is -0.285 e. The summed E-state index contributed by atoms with van der Waals surface area (Å²) < 4.78 is 0. The van der Waals surface area contributed by atoms with Crippen LogP contribution in [0.25, 0.3) is 0 Å². The maximum Gasteiger partial charge on any atom is 0.331 e. The van der Waals surface area contributed by atoms with Crippen molar-refractivity contribution in [3.8, 4) is 0 Å². The van der Waals surface area contributed by atoms with Crippen molar-refractivity contribution in [1.82, 2.24) is 4.90 Å². The van der Waals surface area contributed by atoms with Gasteiger partial charge in [-0.1, -0.05) is 47.5 Å². The summed E-state index contributed by atoms with van der Waals surface area (Å²) in [7, 11) is 0. The highest BCUT2D eigenvalue weighted by Gasteiger charge is 2.36. The highest BCUT2D eigenvalue weighted by atomic mass is 16.2. The van der Waals surface area contributed by atoms with E-state index in [0.29, 0.717) is 13.0 Å². The van der Waals surface area contributed by atoms with Crippen LogP contribution in [0.5, 0.6) is 0 Å². The van der Waals surface area contributed by atoms with Crippen molar-refractivity contribution in [2.45, 2.75) is 20.3 Å². The molecule has 3 amide bonds. The van der Waals surface area contributed by atoms with Crippen molar-refractivity contribution < 1.29 is 9.59 Å². The van der Waals surface area contributed by atoms with Crippen LogP contribution in [0.1, 0.15) is 16.7 Å². The Morgan fingerprint density at radius 1 is 0.870 bits per heavy atom. The van der Waals surface area contributed by atoms with Gasteiger partial charge in [0.05, 0.1) is 0 Å². The summed E-state index contributed by atoms with van der Waals surface area (Å²) in [6.07, 6.45) is 0.680. The lowest BCUT2D eigenvalue weighted by molar-refractivity contribution is -0.124. The van der Waals surface area contributed by atoms with Crippen LogP contribution in [0, 0.1) is 13.8 Å². The van der Waals surface area contributed by atoms with Gasteiger partial charge in [-0.15, -0.1) is 0 Å². The smallest absolute Gasteiger partial charge is 0.285 e. The molecule has 1 fully saturated rings. The maximum atomic E-state index is 12.5. The third kappa shape index (κ3) is 3.26. The van der Waals surface area contributed by atoms with Crippen LogP contribution in [0.15, 0.2) is 48.5 Å². The number of nitrogens with zero attached hydrogens (tertiary/aromatic N) is 2. The molecule has 23 heavy (non-hydrogen) atoms. The first-order valence-electron chi connectivity index (χ1n) is 7.78. The fourth-order valence-corrected chi connectivity index (χ4v) is 2.68. The number of aryl methyl sites for hydroxylation is 2. The molecular weight excluding hydrogens is 288 g/mol. The molecule has 1 aliphatic rings. The Bertz CT molecular complexity index is 720. The van der Waals surface area contributed by atoms with Gasteiger partial charge >= 0.3 is 6.03 Å². The summed E-state index contributed by atoms with van der Waals surface area (Å²) in [5, 5.41) is 0. The van der Waals surface area contributed by atoms with E-state index in [1.807, 2.05) is 62.4 Å². The fourth-order valence-electron chi connectivity index (χ4n) is 2.68. The Balaban J connectivity index is 1.68. The summed E-state index contributed by atoms with van der Waals surface area (Å²) in [5.41, 5.74) is 4.23. The molecule has 0 atom stereocenters. The standard InChI is InChI=1S/C19H20N2O2/c1-14-3-7-16(8-4-14)11-12-20-18(22)13-21(19(20)23)17-9-5-15(2)6-10-17/h3-10H,11-13H2,1-2H3. The first-order valence-corrected chi connectivity index (χ1v) is 7.78. The largest absolute Gasteiger partial charge is 0.331 e. The van der Waals surface area contributed by atoms with Crippen LogP contribution >= 0.6 is 0 Å². The number of rotatable bonds is 4. The molecule has 3 rings (SSSR count). The third-order valence-corrected chi connectivity index (χ3v) is 4.15. The van der Waals surface area contributed by atoms with E-state index in [1.54, 1.807) is 0 Å². The summed E-state index contributed by atoms with van der Waals surface area (Å²) >= 11 is 0. The van der Waals surface area contributed by atoms with Gasteiger partial charge in [-0.25, -0.2) is 4.79 Å². The predicted octanol–water partition coefficient (Wildman–Crippen LogP) is 3.31. The molecule has 0 bridgehead atoms. The molecular formula is C19H20N2O2. The van der Waals surface area contributed by atoms with E-state index >= 15 is 0 Å². The second-order valence-corrected chi connectivity index (χ2v) is 5.99. The Morgan fingerprint density at radius 2 is 1.43 bits per heavy atom. The van der Waals surface area contributed by atoms with Gasteiger partial charge in [0.15, 0.2) is 0 Å². The number of amides is 3.